The van der Waals surface area contributed by atoms with Crippen LogP contribution < -0.4 is 10.7 Å². The molecule has 0 spiro atoms. The van der Waals surface area contributed by atoms with Gasteiger partial charge in [0.2, 0.25) is 11.3 Å². The third kappa shape index (κ3) is 4.88. The van der Waals surface area contributed by atoms with Crippen LogP contribution in [0.25, 0.3) is 0 Å². The number of pyridine rings is 1. The van der Waals surface area contributed by atoms with Crippen LogP contribution in [-0.4, -0.2) is 93.8 Å². The minimum Gasteiger partial charge on any atom is -0.503 e. The second-order valence-electron chi connectivity index (χ2n) is 8.84. The molecule has 33 heavy (non-hydrogen) atoms. The first-order valence-corrected chi connectivity index (χ1v) is 11.5. The molecule has 2 amide bonds. The van der Waals surface area contributed by atoms with Crippen molar-refractivity contribution < 1.29 is 29.3 Å². The standard InChI is InChI=1S/C22H30N4O7/c27-18-15(22(31)32)12-25-13-16(20(29)23-14-4-2-1-3-5-14)26(21(30)17(25)19(18)28)7-6-24-8-10-33-11-9-24/h12,14,16,28H,1-11,13H2,(H,23,29)(H,31,32)/t16-/m1/s1. The molecule has 3 heterocycles. The van der Waals surface area contributed by atoms with Crippen molar-refractivity contribution in [1.29, 1.82) is 0 Å². The third-order valence-corrected chi connectivity index (χ3v) is 6.71. The van der Waals surface area contributed by atoms with E-state index in [1.807, 2.05) is 0 Å². The molecule has 4 rings (SSSR count). The van der Waals surface area contributed by atoms with E-state index in [9.17, 15) is 29.4 Å². The number of nitrogens with zero attached hydrogens (tertiary/aromatic N) is 3. The van der Waals surface area contributed by atoms with Crippen molar-refractivity contribution in [3.05, 3.63) is 27.7 Å². The summed E-state index contributed by atoms with van der Waals surface area (Å²) < 4.78 is 6.58. The number of amides is 2. The molecule has 3 aliphatic rings. The van der Waals surface area contributed by atoms with Crippen LogP contribution >= 0.6 is 0 Å². The van der Waals surface area contributed by atoms with Gasteiger partial charge in [0.15, 0.2) is 11.4 Å². The number of carbonyl (C=O) groups is 3. The number of aromatic nitrogens is 1. The molecular formula is C22H30N4O7. The zero-order chi connectivity index (χ0) is 23.5. The molecule has 3 N–H and O–H groups in total. The number of nitrogens with one attached hydrogen (secondary N) is 1. The van der Waals surface area contributed by atoms with Crippen molar-refractivity contribution in [2.45, 2.75) is 50.7 Å². The predicted octanol–water partition coefficient (Wildman–Crippen LogP) is -0.142. The number of aromatic carboxylic acids is 1. The van der Waals surface area contributed by atoms with Gasteiger partial charge in [-0.1, -0.05) is 19.3 Å². The van der Waals surface area contributed by atoms with E-state index in [-0.39, 0.29) is 30.7 Å². The van der Waals surface area contributed by atoms with Gasteiger partial charge in [0, 0.05) is 38.4 Å². The fourth-order valence-electron chi connectivity index (χ4n) is 4.83. The number of ether oxygens (including phenoxy) is 1. The van der Waals surface area contributed by atoms with E-state index < -0.39 is 34.7 Å². The van der Waals surface area contributed by atoms with Crippen LogP contribution in [0.1, 0.15) is 53.0 Å². The largest absolute Gasteiger partial charge is 0.503 e. The lowest BCUT2D eigenvalue weighted by atomic mass is 9.95. The highest BCUT2D eigenvalue weighted by Crippen LogP contribution is 2.25. The van der Waals surface area contributed by atoms with Crippen LogP contribution in [0.5, 0.6) is 5.75 Å². The van der Waals surface area contributed by atoms with E-state index in [0.29, 0.717) is 32.8 Å². The lowest BCUT2D eigenvalue weighted by molar-refractivity contribution is -0.127. The summed E-state index contributed by atoms with van der Waals surface area (Å²) in [6, 6.07) is -0.836. The molecule has 1 atom stereocenters. The summed E-state index contributed by atoms with van der Waals surface area (Å²) in [5, 5.41) is 22.8. The Balaban J connectivity index is 1.63. The van der Waals surface area contributed by atoms with Gasteiger partial charge >= 0.3 is 5.97 Å². The van der Waals surface area contributed by atoms with E-state index in [1.165, 1.54) is 9.47 Å². The van der Waals surface area contributed by atoms with Gasteiger partial charge in [0.05, 0.1) is 19.8 Å². The SMILES string of the molecule is O=C(O)c1cn2c(c(O)c1=O)C(=O)N(CCN1CCOCC1)[C@@H](C(=O)NC1CCCCC1)C2. The van der Waals surface area contributed by atoms with Crippen molar-refractivity contribution in [3.63, 3.8) is 0 Å². The van der Waals surface area contributed by atoms with Crippen molar-refractivity contribution in [2.75, 3.05) is 39.4 Å². The van der Waals surface area contributed by atoms with Gasteiger partial charge in [-0.2, -0.15) is 0 Å². The molecule has 0 radical (unpaired) electrons. The van der Waals surface area contributed by atoms with Crippen LogP contribution in [0.4, 0.5) is 0 Å². The summed E-state index contributed by atoms with van der Waals surface area (Å²) in [5.74, 6) is -3.37. The first-order valence-electron chi connectivity index (χ1n) is 11.5. The number of hydrogen-bond acceptors (Lipinski definition) is 7. The molecule has 1 aromatic rings. The Hall–Kier alpha value is -2.92. The number of carboxylic acids is 1. The third-order valence-electron chi connectivity index (χ3n) is 6.71. The summed E-state index contributed by atoms with van der Waals surface area (Å²) in [5.41, 5.74) is -2.04. The summed E-state index contributed by atoms with van der Waals surface area (Å²) >= 11 is 0. The monoisotopic (exact) mass is 462 g/mol. The zero-order valence-electron chi connectivity index (χ0n) is 18.5. The maximum Gasteiger partial charge on any atom is 0.341 e. The van der Waals surface area contributed by atoms with Crippen LogP contribution in [0.3, 0.4) is 0 Å². The fraction of sp³-hybridized carbons (Fsp3) is 0.636. The smallest absolute Gasteiger partial charge is 0.341 e. The minimum atomic E-state index is -1.50. The van der Waals surface area contributed by atoms with Gasteiger partial charge in [-0.15, -0.1) is 0 Å². The minimum absolute atomic E-state index is 0.0424. The molecule has 180 valence electrons. The molecule has 11 heteroatoms. The van der Waals surface area contributed by atoms with Gasteiger partial charge < -0.3 is 29.7 Å². The molecule has 1 saturated heterocycles. The molecule has 0 bridgehead atoms. The highest BCUT2D eigenvalue weighted by Gasteiger charge is 2.40. The molecular weight excluding hydrogens is 432 g/mol. The molecule has 0 aromatic carbocycles. The Morgan fingerprint density at radius 2 is 1.79 bits per heavy atom. The van der Waals surface area contributed by atoms with Gasteiger partial charge in [0.1, 0.15) is 11.6 Å². The molecule has 1 saturated carbocycles. The van der Waals surface area contributed by atoms with Crippen LogP contribution in [-0.2, 0) is 16.1 Å². The molecule has 1 aliphatic carbocycles. The number of carbonyl (C=O) groups excluding carboxylic acids is 2. The van der Waals surface area contributed by atoms with Gasteiger partial charge in [-0.25, -0.2) is 4.79 Å². The van der Waals surface area contributed by atoms with E-state index >= 15 is 0 Å². The Morgan fingerprint density at radius 3 is 2.45 bits per heavy atom. The van der Waals surface area contributed by atoms with Gasteiger partial charge in [-0.05, 0) is 12.8 Å². The first kappa shape index (κ1) is 23.2. The normalized spacial score (nSPS) is 22.1. The zero-order valence-corrected chi connectivity index (χ0v) is 18.5. The number of aromatic hydroxyl groups is 1. The molecule has 1 aromatic heterocycles. The second kappa shape index (κ2) is 9.92. The Bertz CT molecular complexity index is 980. The van der Waals surface area contributed by atoms with E-state index in [4.69, 9.17) is 4.74 Å². The quantitative estimate of drug-likeness (QED) is 0.530. The Morgan fingerprint density at radius 1 is 1.09 bits per heavy atom. The molecule has 11 nitrogen and oxygen atoms in total. The Kier molecular flexibility index (Phi) is 6.99. The molecule has 2 aliphatic heterocycles. The van der Waals surface area contributed by atoms with Gasteiger partial charge in [0.25, 0.3) is 5.91 Å². The maximum atomic E-state index is 13.4. The highest BCUT2D eigenvalue weighted by molar-refractivity contribution is 6.00. The topological polar surface area (TPSA) is 141 Å². The number of fused-ring (bicyclic) bond motifs is 1. The molecule has 0 unspecified atom stereocenters. The average molecular weight is 463 g/mol. The number of rotatable bonds is 6. The first-order chi connectivity index (χ1) is 15.9. The van der Waals surface area contributed by atoms with Crippen molar-refractivity contribution >= 4 is 17.8 Å². The molecule has 2 fully saturated rings. The summed E-state index contributed by atoms with van der Waals surface area (Å²) in [6.07, 6.45) is 6.01. The van der Waals surface area contributed by atoms with Crippen LogP contribution in [0.15, 0.2) is 11.0 Å². The lowest BCUT2D eigenvalue weighted by Gasteiger charge is -2.39. The van der Waals surface area contributed by atoms with Crippen molar-refractivity contribution in [3.8, 4) is 5.75 Å². The number of hydrogen-bond donors (Lipinski definition) is 3. The average Bonchev–Trinajstić information content (AvgIpc) is 2.81. The van der Waals surface area contributed by atoms with Crippen molar-refractivity contribution in [1.82, 2.24) is 19.7 Å². The Labute approximate surface area is 190 Å². The predicted molar refractivity (Wildman–Crippen MR) is 116 cm³/mol. The fourth-order valence-corrected chi connectivity index (χ4v) is 4.83. The summed E-state index contributed by atoms with van der Waals surface area (Å²) in [7, 11) is 0. The number of morpholine rings is 1. The summed E-state index contributed by atoms with van der Waals surface area (Å²) in [6.45, 7) is 3.31. The lowest BCUT2D eigenvalue weighted by Crippen LogP contribution is -2.58. The van der Waals surface area contributed by atoms with E-state index in [1.54, 1.807) is 0 Å². The van der Waals surface area contributed by atoms with Crippen LogP contribution in [0, 0.1) is 0 Å². The second-order valence-corrected chi connectivity index (χ2v) is 8.84. The van der Waals surface area contributed by atoms with Gasteiger partial charge in [-0.3, -0.25) is 19.3 Å². The maximum absolute atomic E-state index is 13.4. The van der Waals surface area contributed by atoms with E-state index in [2.05, 4.69) is 10.2 Å². The van der Waals surface area contributed by atoms with E-state index in [0.717, 1.165) is 38.3 Å². The number of carboxylic acid groups (broad SMARTS) is 1. The van der Waals surface area contributed by atoms with Crippen molar-refractivity contribution in [2.24, 2.45) is 0 Å². The van der Waals surface area contributed by atoms with Crippen LogP contribution in [0.2, 0.25) is 0 Å². The summed E-state index contributed by atoms with van der Waals surface area (Å²) in [4.78, 5) is 53.9. The highest BCUT2D eigenvalue weighted by atomic mass is 16.5.